The van der Waals surface area contributed by atoms with E-state index in [1.807, 2.05) is 21.1 Å². The molecular weight excluding hydrogens is 649 g/mol. The highest BCUT2D eigenvalue weighted by molar-refractivity contribution is 7.45. The average Bonchev–Trinajstić information content (AvgIpc) is 3.06. The monoisotopic (exact) mass is 734 g/mol. The van der Waals surface area contributed by atoms with Gasteiger partial charge >= 0.3 is 5.97 Å². The van der Waals surface area contributed by atoms with Crippen LogP contribution in [0.1, 0.15) is 200 Å². The molecule has 0 aromatic rings. The van der Waals surface area contributed by atoms with Gasteiger partial charge < -0.3 is 27.9 Å². The van der Waals surface area contributed by atoms with Gasteiger partial charge in [-0.1, -0.05) is 181 Å². The number of phosphoric acid groups is 1. The summed E-state index contributed by atoms with van der Waals surface area (Å²) < 4.78 is 34.5. The number of ether oxygens (including phenoxy) is 2. The van der Waals surface area contributed by atoms with Crippen molar-refractivity contribution in [2.45, 2.75) is 206 Å². The SMILES string of the molecule is CCCCCCCCCCCCCCCCCCCCCC(=O)OC(COCCCCCCCCCCC)COP(=O)([O-])OCC[N+](C)(C)C. The van der Waals surface area contributed by atoms with E-state index in [1.54, 1.807) is 0 Å². The number of hydrogen-bond acceptors (Lipinski definition) is 7. The van der Waals surface area contributed by atoms with Crippen LogP contribution in [-0.2, 0) is 27.9 Å². The van der Waals surface area contributed by atoms with Crippen molar-refractivity contribution < 1.29 is 37.3 Å². The third-order valence-corrected chi connectivity index (χ3v) is 10.4. The van der Waals surface area contributed by atoms with E-state index in [2.05, 4.69) is 13.8 Å². The van der Waals surface area contributed by atoms with Crippen molar-refractivity contribution >= 4 is 13.8 Å². The molecule has 8 nitrogen and oxygen atoms in total. The summed E-state index contributed by atoms with van der Waals surface area (Å²) in [5, 5.41) is 0. The van der Waals surface area contributed by atoms with E-state index in [0.29, 0.717) is 24.1 Å². The van der Waals surface area contributed by atoms with Crippen LogP contribution in [0, 0.1) is 0 Å². The van der Waals surface area contributed by atoms with Gasteiger partial charge in [-0.3, -0.25) is 9.36 Å². The standard InChI is InChI=1S/C41H84NO7P/c1-6-8-10-12-14-16-17-18-19-20-21-22-23-24-25-26-28-30-32-34-41(43)49-40(39-48-50(44,45)47-37-35-42(3,4)5)38-46-36-33-31-29-27-15-13-11-9-7-2/h40H,6-39H2,1-5H3. The Bertz CT molecular complexity index is 777. The molecule has 0 aliphatic heterocycles. The van der Waals surface area contributed by atoms with Gasteiger partial charge in [-0.15, -0.1) is 0 Å². The van der Waals surface area contributed by atoms with Gasteiger partial charge in [-0.25, -0.2) is 0 Å². The molecule has 0 heterocycles. The Kier molecular flexibility index (Phi) is 35.2. The normalized spacial score (nSPS) is 13.8. The van der Waals surface area contributed by atoms with E-state index in [0.717, 1.165) is 32.1 Å². The first-order valence-corrected chi connectivity index (χ1v) is 22.7. The lowest BCUT2D eigenvalue weighted by Gasteiger charge is -2.28. The lowest BCUT2D eigenvalue weighted by atomic mass is 10.0. The second-order valence-corrected chi connectivity index (χ2v) is 17.1. The zero-order chi connectivity index (χ0) is 37.0. The molecular formula is C41H84NO7P. The van der Waals surface area contributed by atoms with E-state index in [4.69, 9.17) is 18.5 Å². The van der Waals surface area contributed by atoms with Crippen LogP contribution in [0.4, 0.5) is 0 Å². The summed E-state index contributed by atoms with van der Waals surface area (Å²) in [5.74, 6) is -0.330. The molecule has 0 spiro atoms. The number of nitrogens with zero attached hydrogens (tertiary/aromatic N) is 1. The minimum Gasteiger partial charge on any atom is -0.756 e. The summed E-state index contributed by atoms with van der Waals surface area (Å²) >= 11 is 0. The maximum absolute atomic E-state index is 12.6. The van der Waals surface area contributed by atoms with Crippen LogP contribution in [0.3, 0.4) is 0 Å². The number of carbonyl (C=O) groups is 1. The van der Waals surface area contributed by atoms with Gasteiger partial charge in [0.05, 0.1) is 34.4 Å². The molecule has 0 N–H and O–H groups in total. The first-order chi connectivity index (χ1) is 24.1. The summed E-state index contributed by atoms with van der Waals surface area (Å²) in [6.45, 7) is 5.44. The molecule has 2 atom stereocenters. The van der Waals surface area contributed by atoms with Crippen molar-refractivity contribution in [3.05, 3.63) is 0 Å². The van der Waals surface area contributed by atoms with Gasteiger partial charge in [0.25, 0.3) is 7.82 Å². The number of quaternary nitrogens is 1. The zero-order valence-electron chi connectivity index (χ0n) is 33.9. The molecule has 0 amide bonds. The van der Waals surface area contributed by atoms with Crippen molar-refractivity contribution in [2.75, 3.05) is 54.1 Å². The van der Waals surface area contributed by atoms with E-state index < -0.39 is 13.9 Å². The molecule has 300 valence electrons. The highest BCUT2D eigenvalue weighted by Crippen LogP contribution is 2.38. The highest BCUT2D eigenvalue weighted by atomic mass is 31.2. The second kappa shape index (κ2) is 35.5. The molecule has 0 bridgehead atoms. The summed E-state index contributed by atoms with van der Waals surface area (Å²) in [5.41, 5.74) is 0. The summed E-state index contributed by atoms with van der Waals surface area (Å²) in [6, 6.07) is 0. The molecule has 0 fully saturated rings. The van der Waals surface area contributed by atoms with Crippen molar-refractivity contribution in [1.29, 1.82) is 0 Å². The topological polar surface area (TPSA) is 94.1 Å². The van der Waals surface area contributed by atoms with Gasteiger partial charge in [0, 0.05) is 13.0 Å². The third kappa shape index (κ3) is 38.7. The summed E-state index contributed by atoms with van der Waals surface area (Å²) in [7, 11) is 1.37. The third-order valence-electron chi connectivity index (χ3n) is 9.41. The van der Waals surface area contributed by atoms with Gasteiger partial charge in [-0.05, 0) is 12.8 Å². The number of unbranched alkanes of at least 4 members (excludes halogenated alkanes) is 26. The van der Waals surface area contributed by atoms with E-state index in [-0.39, 0.29) is 25.8 Å². The molecule has 0 aliphatic carbocycles. The Morgan fingerprint density at radius 1 is 0.540 bits per heavy atom. The van der Waals surface area contributed by atoms with Crippen molar-refractivity contribution in [2.24, 2.45) is 0 Å². The Balaban J connectivity index is 4.11. The van der Waals surface area contributed by atoms with Crippen LogP contribution in [0.5, 0.6) is 0 Å². The quantitative estimate of drug-likeness (QED) is 0.0268. The van der Waals surface area contributed by atoms with Gasteiger partial charge in [0.15, 0.2) is 0 Å². The molecule has 0 radical (unpaired) electrons. The van der Waals surface area contributed by atoms with E-state index in [1.165, 1.54) is 148 Å². The van der Waals surface area contributed by atoms with Crippen LogP contribution in [0.2, 0.25) is 0 Å². The molecule has 0 aromatic heterocycles. The van der Waals surface area contributed by atoms with Crippen LogP contribution < -0.4 is 4.89 Å². The Hall–Kier alpha value is -0.500. The molecule has 0 saturated carbocycles. The maximum Gasteiger partial charge on any atom is 0.306 e. The van der Waals surface area contributed by atoms with E-state index >= 15 is 0 Å². The largest absolute Gasteiger partial charge is 0.756 e. The number of esters is 1. The number of phosphoric ester groups is 1. The molecule has 50 heavy (non-hydrogen) atoms. The molecule has 0 aliphatic rings. The Labute approximate surface area is 310 Å². The molecule has 0 aromatic carbocycles. The summed E-state index contributed by atoms with van der Waals surface area (Å²) in [6.07, 6.45) is 35.4. The lowest BCUT2D eigenvalue weighted by molar-refractivity contribution is -0.870. The van der Waals surface area contributed by atoms with Crippen LogP contribution in [0.25, 0.3) is 0 Å². The van der Waals surface area contributed by atoms with Crippen LogP contribution in [-0.4, -0.2) is 70.7 Å². The number of carbonyl (C=O) groups excluding carboxylic acids is 1. The molecule has 0 saturated heterocycles. The molecule has 0 rings (SSSR count). The van der Waals surface area contributed by atoms with E-state index in [9.17, 15) is 14.3 Å². The maximum atomic E-state index is 12.6. The number of likely N-dealkylation sites (N-methyl/N-ethyl adjacent to an activating group) is 1. The predicted molar refractivity (Wildman–Crippen MR) is 208 cm³/mol. The number of rotatable bonds is 40. The second-order valence-electron chi connectivity index (χ2n) is 15.7. The lowest BCUT2D eigenvalue weighted by Crippen LogP contribution is -2.37. The zero-order valence-corrected chi connectivity index (χ0v) is 34.8. The average molecular weight is 734 g/mol. The molecule has 9 heteroatoms. The van der Waals surface area contributed by atoms with Crippen molar-refractivity contribution in [3.63, 3.8) is 0 Å². The first-order valence-electron chi connectivity index (χ1n) is 21.3. The number of hydrogen-bond donors (Lipinski definition) is 0. The Morgan fingerprint density at radius 2 is 0.920 bits per heavy atom. The predicted octanol–water partition coefficient (Wildman–Crippen LogP) is 11.5. The van der Waals surface area contributed by atoms with Crippen LogP contribution in [0.15, 0.2) is 0 Å². The fourth-order valence-electron chi connectivity index (χ4n) is 6.08. The van der Waals surface area contributed by atoms with Gasteiger partial charge in [0.2, 0.25) is 0 Å². The minimum atomic E-state index is -4.51. The Morgan fingerprint density at radius 3 is 1.32 bits per heavy atom. The van der Waals surface area contributed by atoms with Crippen molar-refractivity contribution in [3.8, 4) is 0 Å². The minimum absolute atomic E-state index is 0.0310. The van der Waals surface area contributed by atoms with Crippen LogP contribution >= 0.6 is 7.82 Å². The fourth-order valence-corrected chi connectivity index (χ4v) is 6.81. The first kappa shape index (κ1) is 49.5. The van der Waals surface area contributed by atoms with Gasteiger partial charge in [-0.2, -0.15) is 0 Å². The smallest absolute Gasteiger partial charge is 0.306 e. The van der Waals surface area contributed by atoms with Gasteiger partial charge in [0.1, 0.15) is 19.3 Å². The summed E-state index contributed by atoms with van der Waals surface area (Å²) in [4.78, 5) is 25.0. The molecule has 2 unspecified atom stereocenters. The highest BCUT2D eigenvalue weighted by Gasteiger charge is 2.20. The van der Waals surface area contributed by atoms with Crippen molar-refractivity contribution in [1.82, 2.24) is 0 Å². The fraction of sp³-hybridized carbons (Fsp3) is 0.976.